The number of fused-ring (bicyclic) bond motifs is 2. The number of nitrogens with zero attached hydrogens (tertiary/aromatic N) is 2. The zero-order valence-corrected chi connectivity index (χ0v) is 23.2. The predicted molar refractivity (Wildman–Crippen MR) is 158 cm³/mol. The Balaban J connectivity index is 1.62. The third kappa shape index (κ3) is 4.26. The molecule has 6 rings (SSSR count). The van der Waals surface area contributed by atoms with Crippen molar-refractivity contribution >= 4 is 33.3 Å². The quantitative estimate of drug-likeness (QED) is 0.283. The van der Waals surface area contributed by atoms with Crippen LogP contribution >= 0.6 is 0 Å². The normalized spacial score (nSPS) is 19.8. The number of ether oxygens (including phenoxy) is 2. The van der Waals surface area contributed by atoms with Gasteiger partial charge in [-0.05, 0) is 33.7 Å². The molecule has 2 atom stereocenters. The van der Waals surface area contributed by atoms with Crippen molar-refractivity contribution in [3.05, 3.63) is 83.9 Å². The summed E-state index contributed by atoms with van der Waals surface area (Å²) in [5.74, 6) is 1.43. The van der Waals surface area contributed by atoms with Crippen molar-refractivity contribution in [2.45, 2.75) is 53.8 Å². The van der Waals surface area contributed by atoms with Gasteiger partial charge < -0.3 is 9.47 Å². The Bertz CT molecular complexity index is 1480. The van der Waals surface area contributed by atoms with E-state index in [0.29, 0.717) is 24.9 Å². The van der Waals surface area contributed by atoms with Gasteiger partial charge in [-0.2, -0.15) is 0 Å². The molecule has 0 saturated heterocycles. The molecule has 2 aliphatic heterocycles. The average Bonchev–Trinajstić information content (AvgIpc) is 3.58. The largest absolute Gasteiger partial charge is 0.472 e. The molecule has 0 aromatic heterocycles. The predicted octanol–water partition coefficient (Wildman–Crippen LogP) is 8.04. The molecular weight excluding hydrogens is 468 g/mol. The van der Waals surface area contributed by atoms with E-state index < -0.39 is 0 Å². The summed E-state index contributed by atoms with van der Waals surface area (Å²) >= 11 is 0. The van der Waals surface area contributed by atoms with E-state index in [4.69, 9.17) is 19.5 Å². The molecule has 0 spiro atoms. The van der Waals surface area contributed by atoms with E-state index >= 15 is 0 Å². The van der Waals surface area contributed by atoms with Crippen LogP contribution in [-0.2, 0) is 9.47 Å². The van der Waals surface area contributed by atoms with Crippen molar-refractivity contribution in [3.8, 4) is 11.1 Å². The van der Waals surface area contributed by atoms with Crippen molar-refractivity contribution < 1.29 is 9.47 Å². The Morgan fingerprint density at radius 3 is 1.32 bits per heavy atom. The number of hydrogen-bond donors (Lipinski definition) is 0. The van der Waals surface area contributed by atoms with Crippen LogP contribution in [0.15, 0.2) is 82.8 Å². The number of hydrogen-bond acceptors (Lipinski definition) is 4. The van der Waals surface area contributed by atoms with E-state index in [1.165, 1.54) is 21.5 Å². The van der Waals surface area contributed by atoms with Gasteiger partial charge in [-0.3, -0.25) is 0 Å². The molecule has 4 aromatic carbocycles. The highest BCUT2D eigenvalue weighted by Gasteiger charge is 2.35. The van der Waals surface area contributed by atoms with Gasteiger partial charge in [0.05, 0.1) is 13.1 Å². The minimum Gasteiger partial charge on any atom is -0.472 e. The number of rotatable bonds is 3. The van der Waals surface area contributed by atoms with Crippen LogP contribution in [0.3, 0.4) is 0 Å². The fourth-order valence-corrected chi connectivity index (χ4v) is 5.39. The Morgan fingerprint density at radius 1 is 0.553 bits per heavy atom. The van der Waals surface area contributed by atoms with Crippen molar-refractivity contribution in [3.63, 3.8) is 0 Å². The lowest BCUT2D eigenvalue weighted by Crippen LogP contribution is -2.30. The Hall–Kier alpha value is -3.66. The first-order valence-electron chi connectivity index (χ1n) is 13.6. The zero-order chi connectivity index (χ0) is 26.7. The molecule has 0 aliphatic carbocycles. The minimum atomic E-state index is 0.00124. The first-order chi connectivity index (χ1) is 18.1. The van der Waals surface area contributed by atoms with Crippen LogP contribution in [0.2, 0.25) is 0 Å². The molecule has 4 aromatic rings. The molecule has 0 radical (unpaired) electrons. The van der Waals surface area contributed by atoms with Crippen molar-refractivity contribution in [1.29, 1.82) is 0 Å². The van der Waals surface area contributed by atoms with Crippen LogP contribution in [-0.4, -0.2) is 37.1 Å². The second-order valence-corrected chi connectivity index (χ2v) is 12.7. The molecule has 2 aliphatic rings. The molecule has 2 unspecified atom stereocenters. The molecule has 4 heteroatoms. The standard InChI is InChI=1S/C34H36N2O2/c1-33(2,3)27-19-35-31(37-27)25-17-15-21-11-7-9-13-23(21)29(25)30-24-14-10-8-12-22(24)16-18-26(30)32-36-20-28(38-32)34(4,5)6/h7-18,27-28H,19-20H2,1-6H3. The Kier molecular flexibility index (Phi) is 5.82. The summed E-state index contributed by atoms with van der Waals surface area (Å²) in [6, 6.07) is 25.8. The molecule has 38 heavy (non-hydrogen) atoms. The molecule has 0 fully saturated rings. The smallest absolute Gasteiger partial charge is 0.217 e. The molecule has 0 amide bonds. The SMILES string of the molecule is CC(C)(C)C1CN=C(c2ccc3ccccc3c2-c2c(C3=NCC(C(C)(C)C)O3)ccc3ccccc23)O1. The van der Waals surface area contributed by atoms with E-state index in [9.17, 15) is 0 Å². The third-order valence-corrected chi connectivity index (χ3v) is 7.81. The van der Waals surface area contributed by atoms with Gasteiger partial charge in [0, 0.05) is 33.1 Å². The van der Waals surface area contributed by atoms with E-state index in [1.54, 1.807) is 0 Å². The van der Waals surface area contributed by atoms with Crippen LogP contribution < -0.4 is 0 Å². The van der Waals surface area contributed by atoms with Crippen LogP contribution in [0.25, 0.3) is 32.7 Å². The lowest BCUT2D eigenvalue weighted by Gasteiger charge is -2.27. The molecule has 2 heterocycles. The zero-order valence-electron chi connectivity index (χ0n) is 23.2. The van der Waals surface area contributed by atoms with Gasteiger partial charge in [0.1, 0.15) is 12.2 Å². The van der Waals surface area contributed by atoms with E-state index in [2.05, 4.69) is 114 Å². The monoisotopic (exact) mass is 504 g/mol. The summed E-state index contributed by atoms with van der Waals surface area (Å²) in [6.45, 7) is 14.6. The van der Waals surface area contributed by atoms with Crippen LogP contribution in [0.1, 0.15) is 52.7 Å². The first kappa shape index (κ1) is 24.7. The fraction of sp³-hybridized carbons (Fsp3) is 0.353. The van der Waals surface area contributed by atoms with Gasteiger partial charge >= 0.3 is 0 Å². The second-order valence-electron chi connectivity index (χ2n) is 12.7. The third-order valence-electron chi connectivity index (χ3n) is 7.81. The van der Waals surface area contributed by atoms with Gasteiger partial charge in [0.25, 0.3) is 0 Å². The average molecular weight is 505 g/mol. The lowest BCUT2D eigenvalue weighted by atomic mass is 9.86. The summed E-state index contributed by atoms with van der Waals surface area (Å²) in [5.41, 5.74) is 4.27. The van der Waals surface area contributed by atoms with Gasteiger partial charge in [-0.25, -0.2) is 9.98 Å². The van der Waals surface area contributed by atoms with Crippen LogP contribution in [0, 0.1) is 10.8 Å². The maximum Gasteiger partial charge on any atom is 0.217 e. The topological polar surface area (TPSA) is 43.2 Å². The molecule has 4 nitrogen and oxygen atoms in total. The molecular formula is C34H36N2O2. The lowest BCUT2D eigenvalue weighted by molar-refractivity contribution is 0.103. The number of aliphatic imine (C=N–C) groups is 2. The highest BCUT2D eigenvalue weighted by atomic mass is 16.5. The van der Waals surface area contributed by atoms with Gasteiger partial charge in [-0.1, -0.05) is 102 Å². The summed E-state index contributed by atoms with van der Waals surface area (Å²) in [4.78, 5) is 9.86. The minimum absolute atomic E-state index is 0.00124. The summed E-state index contributed by atoms with van der Waals surface area (Å²) in [7, 11) is 0. The second kappa shape index (κ2) is 8.97. The summed E-state index contributed by atoms with van der Waals surface area (Å²) < 4.78 is 13.1. The van der Waals surface area contributed by atoms with Gasteiger partial charge in [-0.15, -0.1) is 0 Å². The van der Waals surface area contributed by atoms with Crippen molar-refractivity contribution in [2.24, 2.45) is 20.8 Å². The fourth-order valence-electron chi connectivity index (χ4n) is 5.39. The van der Waals surface area contributed by atoms with Crippen molar-refractivity contribution in [1.82, 2.24) is 0 Å². The number of benzene rings is 4. The van der Waals surface area contributed by atoms with Crippen LogP contribution in [0.4, 0.5) is 0 Å². The highest BCUT2D eigenvalue weighted by Crippen LogP contribution is 2.42. The molecule has 0 saturated carbocycles. The maximum absolute atomic E-state index is 6.55. The van der Waals surface area contributed by atoms with Crippen molar-refractivity contribution in [2.75, 3.05) is 13.1 Å². The van der Waals surface area contributed by atoms with Crippen LogP contribution in [0.5, 0.6) is 0 Å². The Morgan fingerprint density at radius 2 is 0.947 bits per heavy atom. The van der Waals surface area contributed by atoms with E-state index in [0.717, 1.165) is 22.3 Å². The molecule has 0 N–H and O–H groups in total. The first-order valence-corrected chi connectivity index (χ1v) is 13.6. The van der Waals surface area contributed by atoms with Gasteiger partial charge in [0.15, 0.2) is 0 Å². The van der Waals surface area contributed by atoms with E-state index in [1.807, 2.05) is 0 Å². The summed E-state index contributed by atoms with van der Waals surface area (Å²) in [6.07, 6.45) is 0.0813. The highest BCUT2D eigenvalue weighted by molar-refractivity contribution is 6.19. The Labute approximate surface area is 225 Å². The van der Waals surface area contributed by atoms with Gasteiger partial charge in [0.2, 0.25) is 11.8 Å². The summed E-state index contributed by atoms with van der Waals surface area (Å²) in [5, 5.41) is 4.69. The van der Waals surface area contributed by atoms with E-state index in [-0.39, 0.29) is 23.0 Å². The maximum atomic E-state index is 6.55. The molecule has 194 valence electrons. The molecule has 0 bridgehead atoms.